The Morgan fingerprint density at radius 3 is 2.48 bits per heavy atom. The fourth-order valence-corrected chi connectivity index (χ4v) is 2.89. The van der Waals surface area contributed by atoms with Gasteiger partial charge in [-0.2, -0.15) is 0 Å². The quantitative estimate of drug-likeness (QED) is 0.370. The first-order chi connectivity index (χ1) is 14.0. The standard InChI is InChI=1S/C22H19NO6/c1-28-22(25)18-8-6-15(7-9-18)12-16(13-24)14-29-21-19-5-3-2-4-17(19)10-11-20(21)23(26)27/h2-12,24H,13-14H2,1H3. The van der Waals surface area contributed by atoms with Crippen molar-refractivity contribution in [2.45, 2.75) is 0 Å². The molecule has 0 saturated carbocycles. The van der Waals surface area contributed by atoms with Crippen molar-refractivity contribution >= 4 is 28.5 Å². The lowest BCUT2D eigenvalue weighted by molar-refractivity contribution is -0.385. The zero-order valence-electron chi connectivity index (χ0n) is 15.7. The van der Waals surface area contributed by atoms with Gasteiger partial charge < -0.3 is 14.6 Å². The first-order valence-corrected chi connectivity index (χ1v) is 8.81. The van der Waals surface area contributed by atoms with Crippen LogP contribution < -0.4 is 4.74 Å². The highest BCUT2D eigenvalue weighted by Gasteiger charge is 2.18. The van der Waals surface area contributed by atoms with E-state index in [0.29, 0.717) is 16.5 Å². The molecule has 0 aliphatic heterocycles. The largest absolute Gasteiger partial charge is 0.482 e. The number of ether oxygens (including phenoxy) is 2. The molecule has 0 saturated heterocycles. The number of rotatable bonds is 7. The number of esters is 1. The normalized spacial score (nSPS) is 11.3. The van der Waals surface area contributed by atoms with Gasteiger partial charge >= 0.3 is 11.7 Å². The van der Waals surface area contributed by atoms with Crippen LogP contribution in [0.1, 0.15) is 15.9 Å². The van der Waals surface area contributed by atoms with Gasteiger partial charge in [0.2, 0.25) is 5.75 Å². The molecule has 0 radical (unpaired) electrons. The van der Waals surface area contributed by atoms with Gasteiger partial charge in [0.25, 0.3) is 0 Å². The van der Waals surface area contributed by atoms with Gasteiger partial charge in [-0.05, 0) is 34.7 Å². The van der Waals surface area contributed by atoms with E-state index in [9.17, 15) is 20.0 Å². The molecule has 1 N–H and O–H groups in total. The summed E-state index contributed by atoms with van der Waals surface area (Å²) in [6, 6.07) is 17.0. The smallest absolute Gasteiger partial charge is 0.337 e. The molecule has 0 spiro atoms. The molecule has 7 nitrogen and oxygen atoms in total. The van der Waals surface area contributed by atoms with Gasteiger partial charge in [-0.1, -0.05) is 42.5 Å². The van der Waals surface area contributed by atoms with E-state index in [1.165, 1.54) is 13.2 Å². The van der Waals surface area contributed by atoms with E-state index in [1.807, 2.05) is 12.1 Å². The molecule has 0 aliphatic rings. The Hall–Kier alpha value is -3.71. The number of carbonyl (C=O) groups excluding carboxylic acids is 1. The highest BCUT2D eigenvalue weighted by Crippen LogP contribution is 2.35. The van der Waals surface area contributed by atoms with Crippen LogP contribution in [0, 0.1) is 10.1 Å². The fraction of sp³-hybridized carbons (Fsp3) is 0.136. The molecular formula is C22H19NO6. The van der Waals surface area contributed by atoms with Crippen molar-refractivity contribution in [3.8, 4) is 5.75 Å². The lowest BCUT2D eigenvalue weighted by atomic mass is 10.1. The van der Waals surface area contributed by atoms with Crippen LogP contribution in [0.3, 0.4) is 0 Å². The third-order valence-corrected chi connectivity index (χ3v) is 4.36. The van der Waals surface area contributed by atoms with Crippen LogP contribution in [0.15, 0.2) is 66.2 Å². The molecular weight excluding hydrogens is 374 g/mol. The highest BCUT2D eigenvalue weighted by molar-refractivity contribution is 5.92. The molecule has 0 aromatic heterocycles. The van der Waals surface area contributed by atoms with E-state index in [-0.39, 0.29) is 24.7 Å². The molecule has 0 fully saturated rings. The summed E-state index contributed by atoms with van der Waals surface area (Å²) in [5, 5.41) is 22.5. The number of hydrogen-bond donors (Lipinski definition) is 1. The number of hydrogen-bond acceptors (Lipinski definition) is 6. The van der Waals surface area contributed by atoms with Gasteiger partial charge in [-0.3, -0.25) is 10.1 Å². The molecule has 3 aromatic rings. The van der Waals surface area contributed by atoms with Gasteiger partial charge in [-0.15, -0.1) is 0 Å². The second-order valence-electron chi connectivity index (χ2n) is 6.26. The zero-order chi connectivity index (χ0) is 20.8. The van der Waals surface area contributed by atoms with Crippen molar-refractivity contribution in [2.75, 3.05) is 20.3 Å². The maximum atomic E-state index is 11.5. The first kappa shape index (κ1) is 20.0. The number of methoxy groups -OCH3 is 1. The average molecular weight is 393 g/mol. The molecule has 0 amide bonds. The van der Waals surface area contributed by atoms with Gasteiger partial charge in [0.15, 0.2) is 0 Å². The van der Waals surface area contributed by atoms with E-state index in [0.717, 1.165) is 10.9 Å². The van der Waals surface area contributed by atoms with Crippen LogP contribution >= 0.6 is 0 Å². The Kier molecular flexibility index (Phi) is 6.21. The summed E-state index contributed by atoms with van der Waals surface area (Å²) in [6.45, 7) is -0.304. The number of nitrogens with zero attached hydrogens (tertiary/aromatic N) is 1. The second kappa shape index (κ2) is 8.99. The van der Waals surface area contributed by atoms with Crippen LogP contribution in [0.4, 0.5) is 5.69 Å². The minimum Gasteiger partial charge on any atom is -0.482 e. The Morgan fingerprint density at radius 2 is 1.83 bits per heavy atom. The maximum absolute atomic E-state index is 11.5. The van der Waals surface area contributed by atoms with Gasteiger partial charge in [0, 0.05) is 11.5 Å². The van der Waals surface area contributed by atoms with Crippen LogP contribution in [-0.4, -0.2) is 36.3 Å². The predicted molar refractivity (Wildman–Crippen MR) is 109 cm³/mol. The summed E-state index contributed by atoms with van der Waals surface area (Å²) >= 11 is 0. The lowest BCUT2D eigenvalue weighted by Crippen LogP contribution is -2.07. The molecule has 0 heterocycles. The van der Waals surface area contributed by atoms with Crippen molar-refractivity contribution in [2.24, 2.45) is 0 Å². The van der Waals surface area contributed by atoms with E-state index in [2.05, 4.69) is 4.74 Å². The molecule has 29 heavy (non-hydrogen) atoms. The number of fused-ring (bicyclic) bond motifs is 1. The number of nitro groups is 1. The maximum Gasteiger partial charge on any atom is 0.337 e. The second-order valence-corrected chi connectivity index (χ2v) is 6.26. The van der Waals surface area contributed by atoms with Crippen molar-refractivity contribution < 1.29 is 24.3 Å². The van der Waals surface area contributed by atoms with E-state index in [1.54, 1.807) is 48.5 Å². The van der Waals surface area contributed by atoms with E-state index in [4.69, 9.17) is 4.74 Å². The number of aliphatic hydroxyl groups is 1. The summed E-state index contributed by atoms with van der Waals surface area (Å²) in [6.07, 6.45) is 1.71. The molecule has 0 atom stereocenters. The number of benzene rings is 3. The van der Waals surface area contributed by atoms with Crippen molar-refractivity contribution in [1.29, 1.82) is 0 Å². The Bertz CT molecular complexity index is 1070. The van der Waals surface area contributed by atoms with Crippen molar-refractivity contribution in [3.05, 3.63) is 87.5 Å². The van der Waals surface area contributed by atoms with Crippen LogP contribution in [-0.2, 0) is 4.74 Å². The highest BCUT2D eigenvalue weighted by atomic mass is 16.6. The number of aliphatic hydroxyl groups excluding tert-OH is 1. The predicted octanol–water partition coefficient (Wildman–Crippen LogP) is 3.99. The first-order valence-electron chi connectivity index (χ1n) is 8.81. The Labute approximate surface area is 167 Å². The van der Waals surface area contributed by atoms with Crippen LogP contribution in [0.5, 0.6) is 5.75 Å². The van der Waals surface area contributed by atoms with E-state index < -0.39 is 10.9 Å². The SMILES string of the molecule is COC(=O)c1ccc(C=C(CO)COc2c([N+](=O)[O-])ccc3ccccc23)cc1. The summed E-state index contributed by atoms with van der Waals surface area (Å²) in [7, 11) is 1.31. The summed E-state index contributed by atoms with van der Waals surface area (Å²) < 4.78 is 10.4. The molecule has 148 valence electrons. The monoisotopic (exact) mass is 393 g/mol. The summed E-state index contributed by atoms with van der Waals surface area (Å²) in [5.41, 5.74) is 1.55. The summed E-state index contributed by atoms with van der Waals surface area (Å²) in [5.74, 6) is -0.275. The van der Waals surface area contributed by atoms with Crippen molar-refractivity contribution in [3.63, 3.8) is 0 Å². The zero-order valence-corrected chi connectivity index (χ0v) is 15.7. The molecule has 3 aromatic carbocycles. The molecule has 0 aliphatic carbocycles. The average Bonchev–Trinajstić information content (AvgIpc) is 2.76. The number of nitro benzene ring substituents is 1. The topological polar surface area (TPSA) is 98.9 Å². The molecule has 3 rings (SSSR count). The summed E-state index contributed by atoms with van der Waals surface area (Å²) in [4.78, 5) is 22.4. The molecule has 0 bridgehead atoms. The fourth-order valence-electron chi connectivity index (χ4n) is 2.89. The minimum atomic E-state index is -0.490. The Balaban J connectivity index is 1.85. The number of carbonyl (C=O) groups is 1. The van der Waals surface area contributed by atoms with Gasteiger partial charge in [0.05, 0.1) is 24.2 Å². The Morgan fingerprint density at radius 1 is 1.10 bits per heavy atom. The minimum absolute atomic E-state index is 0.0237. The molecule has 0 unspecified atom stereocenters. The molecule has 7 heteroatoms. The third kappa shape index (κ3) is 4.59. The van der Waals surface area contributed by atoms with Gasteiger partial charge in [-0.25, -0.2) is 4.79 Å². The third-order valence-electron chi connectivity index (χ3n) is 4.36. The van der Waals surface area contributed by atoms with Crippen LogP contribution in [0.2, 0.25) is 0 Å². The van der Waals surface area contributed by atoms with Crippen molar-refractivity contribution in [1.82, 2.24) is 0 Å². The van der Waals surface area contributed by atoms with Crippen LogP contribution in [0.25, 0.3) is 16.8 Å². The van der Waals surface area contributed by atoms with E-state index >= 15 is 0 Å². The lowest BCUT2D eigenvalue weighted by Gasteiger charge is -2.11. The van der Waals surface area contributed by atoms with Gasteiger partial charge in [0.1, 0.15) is 6.61 Å².